The highest BCUT2D eigenvalue weighted by Crippen LogP contribution is 2.48. The summed E-state index contributed by atoms with van der Waals surface area (Å²) in [5, 5.41) is 12.3. The molecule has 3 N–H and O–H groups in total. The predicted octanol–water partition coefficient (Wildman–Crippen LogP) is 6.51. The number of halogens is 5. The van der Waals surface area contributed by atoms with Gasteiger partial charge in [0.1, 0.15) is 11.9 Å². The molecule has 0 spiro atoms. The van der Waals surface area contributed by atoms with Gasteiger partial charge in [-0.05, 0) is 56.4 Å². The number of carbonyl (C=O) groups is 3. The average Bonchev–Trinajstić information content (AvgIpc) is 3.70. The summed E-state index contributed by atoms with van der Waals surface area (Å²) in [4.78, 5) is 45.9. The topological polar surface area (TPSA) is 121 Å². The maximum absolute atomic E-state index is 13.9. The molecule has 2 aromatic rings. The van der Waals surface area contributed by atoms with Crippen molar-refractivity contribution in [1.82, 2.24) is 25.3 Å². The van der Waals surface area contributed by atoms with Gasteiger partial charge in [0.05, 0.1) is 23.8 Å². The number of amides is 3. The average molecular weight is 716 g/mol. The number of unbranched alkanes of at least 4 members (excludes halogenated alkanes) is 1. The van der Waals surface area contributed by atoms with Crippen molar-refractivity contribution in [2.75, 3.05) is 5.32 Å². The first-order chi connectivity index (χ1) is 23.9. The van der Waals surface area contributed by atoms with E-state index >= 15 is 0 Å². The van der Waals surface area contributed by atoms with Crippen LogP contribution in [0.1, 0.15) is 76.3 Å². The zero-order valence-electron chi connectivity index (χ0n) is 28.6. The van der Waals surface area contributed by atoms with Crippen LogP contribution in [-0.4, -0.2) is 56.1 Å². The molecule has 3 unspecified atom stereocenters. The van der Waals surface area contributed by atoms with Crippen LogP contribution in [0, 0.1) is 11.8 Å². The van der Waals surface area contributed by atoms with Crippen molar-refractivity contribution in [2.45, 2.75) is 95.4 Å². The normalized spacial score (nSPS) is 20.8. The van der Waals surface area contributed by atoms with E-state index in [1.54, 1.807) is 61.5 Å². The molecule has 10 nitrogen and oxygen atoms in total. The SMILES string of the molecule is C=C1N=CC=CN1/C(=C\CCC)CC(NC(=O)C1CC1c1ccc(NC(=O)C2CC(F)(F)C2)cc1)C(=O)NC(C)(C)Cn1cc(C(F)(F)F)cn1. The van der Waals surface area contributed by atoms with Crippen LogP contribution in [0.3, 0.4) is 0 Å². The zero-order valence-corrected chi connectivity index (χ0v) is 28.6. The second-order valence-corrected chi connectivity index (χ2v) is 14.0. The second-order valence-electron chi connectivity index (χ2n) is 14.0. The highest BCUT2D eigenvalue weighted by molar-refractivity contribution is 5.93. The van der Waals surface area contributed by atoms with Gasteiger partial charge in [-0.2, -0.15) is 18.3 Å². The molecule has 1 aromatic carbocycles. The van der Waals surface area contributed by atoms with Crippen molar-refractivity contribution < 1.29 is 36.3 Å². The molecule has 2 heterocycles. The number of carbonyl (C=O) groups excluding carboxylic acids is 3. The van der Waals surface area contributed by atoms with Gasteiger partial charge in [0.25, 0.3) is 0 Å². The van der Waals surface area contributed by atoms with Crippen LogP contribution in [0.5, 0.6) is 0 Å². The molecule has 2 saturated carbocycles. The Morgan fingerprint density at radius 2 is 1.82 bits per heavy atom. The number of anilines is 1. The Bertz CT molecular complexity index is 1720. The molecule has 51 heavy (non-hydrogen) atoms. The van der Waals surface area contributed by atoms with Crippen molar-refractivity contribution in [2.24, 2.45) is 16.8 Å². The number of alkyl halides is 5. The number of aliphatic imine (C=N–C) groups is 1. The summed E-state index contributed by atoms with van der Waals surface area (Å²) in [6.07, 6.45) is 5.23. The molecule has 3 atom stereocenters. The number of benzene rings is 1. The Balaban J connectivity index is 1.27. The van der Waals surface area contributed by atoms with Crippen LogP contribution in [0.15, 0.2) is 78.1 Å². The molecular weight excluding hydrogens is 673 g/mol. The summed E-state index contributed by atoms with van der Waals surface area (Å²) in [5.41, 5.74) is 0.0378. The lowest BCUT2D eigenvalue weighted by Crippen LogP contribution is -2.55. The molecular formula is C36H42F5N7O3. The van der Waals surface area contributed by atoms with E-state index in [1.807, 2.05) is 13.0 Å². The van der Waals surface area contributed by atoms with Gasteiger partial charge in [-0.1, -0.05) is 38.1 Å². The molecule has 5 rings (SSSR count). The highest BCUT2D eigenvalue weighted by atomic mass is 19.4. The standard InChI is InChI=1S/C36H42F5N7O3/c1-5-6-8-27(48-14-7-13-42-22(48)2)15-30(33(51)46-34(3,4)21-47-20-25(19-43-47)36(39,40)41)45-32(50)29-16-28(29)23-9-11-26(12-10-23)44-31(49)24-17-35(37,38)18-24/h7-14,19-20,24,28-30H,2,5-6,15-18,21H2,1,3-4H3,(H,44,49)(H,45,50)(H,46,51)/b27-8-. The summed E-state index contributed by atoms with van der Waals surface area (Å²) in [6, 6.07) is 5.82. The molecule has 15 heteroatoms. The third-order valence-electron chi connectivity index (χ3n) is 9.02. The van der Waals surface area contributed by atoms with E-state index in [1.165, 1.54) is 0 Å². The van der Waals surface area contributed by atoms with Crippen LogP contribution in [0.2, 0.25) is 0 Å². The maximum atomic E-state index is 13.9. The van der Waals surface area contributed by atoms with E-state index in [2.05, 4.69) is 32.6 Å². The highest BCUT2D eigenvalue weighted by Gasteiger charge is 2.49. The number of nitrogens with one attached hydrogen (secondary N) is 3. The number of rotatable bonds is 14. The number of allylic oxidation sites excluding steroid dienone is 2. The number of nitrogens with zero attached hydrogens (tertiary/aromatic N) is 4. The summed E-state index contributed by atoms with van der Waals surface area (Å²) in [6.45, 7) is 9.24. The first kappa shape index (κ1) is 37.4. The van der Waals surface area contributed by atoms with Gasteiger partial charge < -0.3 is 20.9 Å². The quantitative estimate of drug-likeness (QED) is 0.193. The Kier molecular flexibility index (Phi) is 10.9. The van der Waals surface area contributed by atoms with Crippen LogP contribution in [-0.2, 0) is 27.1 Å². The fourth-order valence-electron chi connectivity index (χ4n) is 6.17. The predicted molar refractivity (Wildman–Crippen MR) is 181 cm³/mol. The van der Waals surface area contributed by atoms with E-state index in [4.69, 9.17) is 0 Å². The van der Waals surface area contributed by atoms with Crippen LogP contribution >= 0.6 is 0 Å². The van der Waals surface area contributed by atoms with Gasteiger partial charge in [-0.3, -0.25) is 19.1 Å². The molecule has 0 bridgehead atoms. The maximum Gasteiger partial charge on any atom is 0.419 e. The van der Waals surface area contributed by atoms with Gasteiger partial charge in [0, 0.05) is 61.1 Å². The van der Waals surface area contributed by atoms with Crippen molar-refractivity contribution >= 4 is 29.6 Å². The Hall–Kier alpha value is -4.82. The molecule has 274 valence electrons. The van der Waals surface area contributed by atoms with E-state index in [-0.39, 0.29) is 24.8 Å². The third kappa shape index (κ3) is 9.70. The first-order valence-corrected chi connectivity index (χ1v) is 16.8. The molecule has 3 amide bonds. The van der Waals surface area contributed by atoms with Gasteiger partial charge >= 0.3 is 6.18 Å². The van der Waals surface area contributed by atoms with Gasteiger partial charge in [0.2, 0.25) is 23.6 Å². The molecule has 0 saturated heterocycles. The minimum absolute atomic E-state index is 0.0668. The summed E-state index contributed by atoms with van der Waals surface area (Å²) < 4.78 is 67.0. The van der Waals surface area contributed by atoms with Gasteiger partial charge in [0.15, 0.2) is 0 Å². The minimum Gasteiger partial charge on any atom is -0.348 e. The van der Waals surface area contributed by atoms with Crippen molar-refractivity contribution in [3.05, 3.63) is 84.2 Å². The Morgan fingerprint density at radius 1 is 1.12 bits per heavy atom. The van der Waals surface area contributed by atoms with E-state index in [9.17, 15) is 36.3 Å². The molecule has 2 fully saturated rings. The minimum atomic E-state index is -4.56. The number of hydrogen-bond donors (Lipinski definition) is 3. The van der Waals surface area contributed by atoms with E-state index in [0.29, 0.717) is 30.0 Å². The summed E-state index contributed by atoms with van der Waals surface area (Å²) in [5.74, 6) is -5.01. The number of aromatic nitrogens is 2. The largest absolute Gasteiger partial charge is 0.419 e. The zero-order chi connectivity index (χ0) is 37.1. The molecule has 1 aliphatic heterocycles. The molecule has 1 aromatic heterocycles. The van der Waals surface area contributed by atoms with Crippen LogP contribution < -0.4 is 16.0 Å². The fraction of sp³-hybridized carbons (Fsp3) is 0.472. The lowest BCUT2D eigenvalue weighted by molar-refractivity contribution is -0.145. The number of hydrogen-bond acceptors (Lipinski definition) is 6. The lowest BCUT2D eigenvalue weighted by Gasteiger charge is -2.33. The van der Waals surface area contributed by atoms with E-state index < -0.39 is 65.7 Å². The van der Waals surface area contributed by atoms with Crippen LogP contribution in [0.25, 0.3) is 0 Å². The monoisotopic (exact) mass is 715 g/mol. The van der Waals surface area contributed by atoms with Crippen molar-refractivity contribution in [1.29, 1.82) is 0 Å². The molecule has 2 aliphatic carbocycles. The summed E-state index contributed by atoms with van der Waals surface area (Å²) >= 11 is 0. The van der Waals surface area contributed by atoms with Crippen molar-refractivity contribution in [3.63, 3.8) is 0 Å². The van der Waals surface area contributed by atoms with Crippen molar-refractivity contribution in [3.8, 4) is 0 Å². The second kappa shape index (κ2) is 14.8. The van der Waals surface area contributed by atoms with Crippen LogP contribution in [0.4, 0.5) is 27.6 Å². The first-order valence-electron chi connectivity index (χ1n) is 16.8. The van der Waals surface area contributed by atoms with Gasteiger partial charge in [-0.25, -0.2) is 13.8 Å². The summed E-state index contributed by atoms with van der Waals surface area (Å²) in [7, 11) is 0. The molecule has 3 aliphatic rings. The Labute approximate surface area is 292 Å². The fourth-order valence-corrected chi connectivity index (χ4v) is 6.17. The Morgan fingerprint density at radius 3 is 2.43 bits per heavy atom. The van der Waals surface area contributed by atoms with Gasteiger partial charge in [-0.15, -0.1) is 0 Å². The van der Waals surface area contributed by atoms with E-state index in [0.717, 1.165) is 29.1 Å². The third-order valence-corrected chi connectivity index (χ3v) is 9.02. The molecule has 0 radical (unpaired) electrons. The lowest BCUT2D eigenvalue weighted by atomic mass is 9.81. The smallest absolute Gasteiger partial charge is 0.348 e.